The minimum absolute atomic E-state index is 0.0584. The van der Waals surface area contributed by atoms with Crippen LogP contribution in [0.2, 0.25) is 0 Å². The second-order valence-corrected chi connectivity index (χ2v) is 7.17. The smallest absolute Gasteiger partial charge is 0.410 e. The molecule has 1 saturated heterocycles. The fourth-order valence-corrected chi connectivity index (χ4v) is 2.85. The summed E-state index contributed by atoms with van der Waals surface area (Å²) >= 11 is 0. The molecule has 136 valence electrons. The Labute approximate surface area is 148 Å². The highest BCUT2D eigenvalue weighted by Crippen LogP contribution is 2.24. The van der Waals surface area contributed by atoms with Gasteiger partial charge in [-0.05, 0) is 45.7 Å². The van der Waals surface area contributed by atoms with Gasteiger partial charge in [0.05, 0.1) is 12.7 Å². The number of esters is 1. The van der Waals surface area contributed by atoms with E-state index in [1.165, 1.54) is 7.11 Å². The van der Waals surface area contributed by atoms with E-state index in [9.17, 15) is 14.4 Å². The second kappa shape index (κ2) is 7.68. The minimum atomic E-state index is -0.558. The van der Waals surface area contributed by atoms with Crippen LogP contribution in [0.4, 0.5) is 4.79 Å². The van der Waals surface area contributed by atoms with E-state index in [1.54, 1.807) is 29.2 Å². The van der Waals surface area contributed by atoms with Crippen LogP contribution in [0.15, 0.2) is 24.3 Å². The van der Waals surface area contributed by atoms with Gasteiger partial charge >= 0.3 is 12.1 Å². The van der Waals surface area contributed by atoms with Gasteiger partial charge in [0.2, 0.25) is 0 Å². The number of amides is 1. The molecule has 1 unspecified atom stereocenters. The number of benzene rings is 1. The molecule has 1 heterocycles. The highest BCUT2D eigenvalue weighted by atomic mass is 16.6. The molecule has 1 atom stereocenters. The number of carbonyl (C=O) groups excluding carboxylic acids is 3. The van der Waals surface area contributed by atoms with Crippen LogP contribution in [0.1, 0.15) is 60.7 Å². The van der Waals surface area contributed by atoms with E-state index >= 15 is 0 Å². The summed E-state index contributed by atoms with van der Waals surface area (Å²) in [6.45, 7) is 6.08. The van der Waals surface area contributed by atoms with E-state index in [4.69, 9.17) is 4.74 Å². The Kier molecular flexibility index (Phi) is 5.82. The molecule has 0 bridgehead atoms. The molecular formula is C19H25NO5. The lowest BCUT2D eigenvalue weighted by Gasteiger charge is -2.28. The molecule has 1 aliphatic heterocycles. The predicted octanol–water partition coefficient (Wildman–Crippen LogP) is 3.45. The fraction of sp³-hybridized carbons (Fsp3) is 0.526. The maximum atomic E-state index is 12.5. The van der Waals surface area contributed by atoms with Gasteiger partial charge in [0.15, 0.2) is 5.78 Å². The SMILES string of the molecule is COC(=O)c1ccc(C(=O)CC2CCCN2C(=O)OC(C)(C)C)cc1. The monoisotopic (exact) mass is 347 g/mol. The molecule has 1 aromatic rings. The van der Waals surface area contributed by atoms with Gasteiger partial charge in [-0.25, -0.2) is 9.59 Å². The van der Waals surface area contributed by atoms with Crippen LogP contribution >= 0.6 is 0 Å². The summed E-state index contributed by atoms with van der Waals surface area (Å²) in [5.41, 5.74) is 0.358. The van der Waals surface area contributed by atoms with Crippen molar-refractivity contribution in [2.75, 3.05) is 13.7 Å². The Morgan fingerprint density at radius 3 is 2.28 bits per heavy atom. The predicted molar refractivity (Wildman–Crippen MR) is 92.7 cm³/mol. The van der Waals surface area contributed by atoms with Crippen molar-refractivity contribution in [1.29, 1.82) is 0 Å². The standard InChI is InChI=1S/C19H25NO5/c1-19(2,3)25-18(23)20-11-5-6-15(20)12-16(21)13-7-9-14(10-8-13)17(22)24-4/h7-10,15H,5-6,11-12H2,1-4H3. The van der Waals surface area contributed by atoms with Gasteiger partial charge in [0.25, 0.3) is 0 Å². The van der Waals surface area contributed by atoms with Crippen molar-refractivity contribution in [3.63, 3.8) is 0 Å². The highest BCUT2D eigenvalue weighted by molar-refractivity contribution is 5.98. The van der Waals surface area contributed by atoms with Crippen LogP contribution in [-0.2, 0) is 9.47 Å². The zero-order chi connectivity index (χ0) is 18.6. The zero-order valence-electron chi connectivity index (χ0n) is 15.2. The van der Waals surface area contributed by atoms with E-state index < -0.39 is 11.6 Å². The van der Waals surface area contributed by atoms with E-state index in [1.807, 2.05) is 20.8 Å². The first-order valence-electron chi connectivity index (χ1n) is 8.42. The third kappa shape index (κ3) is 5.05. The van der Waals surface area contributed by atoms with Gasteiger partial charge in [-0.15, -0.1) is 0 Å². The number of Topliss-reactive ketones (excluding diaryl/α,β-unsaturated/α-hetero) is 1. The third-order valence-electron chi connectivity index (χ3n) is 4.05. The summed E-state index contributed by atoms with van der Waals surface area (Å²) in [6.07, 6.45) is 1.52. The van der Waals surface area contributed by atoms with Crippen LogP contribution in [0.25, 0.3) is 0 Å². The summed E-state index contributed by atoms with van der Waals surface area (Å²) in [7, 11) is 1.31. The first-order valence-corrected chi connectivity index (χ1v) is 8.42. The van der Waals surface area contributed by atoms with Crippen molar-refractivity contribution in [2.45, 2.75) is 51.7 Å². The first kappa shape index (κ1) is 19.0. The summed E-state index contributed by atoms with van der Waals surface area (Å²) in [5, 5.41) is 0. The lowest BCUT2D eigenvalue weighted by molar-refractivity contribution is 0.0223. The van der Waals surface area contributed by atoms with Crippen molar-refractivity contribution < 1.29 is 23.9 Å². The van der Waals surface area contributed by atoms with Crippen molar-refractivity contribution in [1.82, 2.24) is 4.90 Å². The number of methoxy groups -OCH3 is 1. The van der Waals surface area contributed by atoms with E-state index in [0.29, 0.717) is 17.7 Å². The van der Waals surface area contributed by atoms with E-state index in [-0.39, 0.29) is 24.3 Å². The van der Waals surface area contributed by atoms with Crippen LogP contribution in [0, 0.1) is 0 Å². The Bertz CT molecular complexity index is 645. The Morgan fingerprint density at radius 1 is 1.12 bits per heavy atom. The molecule has 1 aliphatic rings. The molecule has 0 aromatic heterocycles. The quantitative estimate of drug-likeness (QED) is 0.616. The van der Waals surface area contributed by atoms with Crippen molar-refractivity contribution >= 4 is 17.8 Å². The number of nitrogens with zero attached hydrogens (tertiary/aromatic N) is 1. The zero-order valence-corrected chi connectivity index (χ0v) is 15.2. The molecule has 0 saturated carbocycles. The summed E-state index contributed by atoms with van der Waals surface area (Å²) in [4.78, 5) is 37.9. The van der Waals surface area contributed by atoms with Gasteiger partial charge in [0.1, 0.15) is 5.60 Å². The Morgan fingerprint density at radius 2 is 1.72 bits per heavy atom. The minimum Gasteiger partial charge on any atom is -0.465 e. The van der Waals surface area contributed by atoms with Crippen molar-refractivity contribution in [3.8, 4) is 0 Å². The lowest BCUT2D eigenvalue weighted by Crippen LogP contribution is -2.40. The van der Waals surface area contributed by atoms with Crippen LogP contribution in [0.5, 0.6) is 0 Å². The number of likely N-dealkylation sites (tertiary alicyclic amines) is 1. The third-order valence-corrected chi connectivity index (χ3v) is 4.05. The largest absolute Gasteiger partial charge is 0.465 e. The number of ketones is 1. The molecule has 0 radical (unpaired) electrons. The molecule has 0 aliphatic carbocycles. The van der Waals surface area contributed by atoms with Crippen LogP contribution in [0.3, 0.4) is 0 Å². The van der Waals surface area contributed by atoms with E-state index in [2.05, 4.69) is 4.74 Å². The molecule has 1 aromatic carbocycles. The summed E-state index contributed by atoms with van der Waals surface area (Å²) in [5.74, 6) is -0.497. The number of hydrogen-bond acceptors (Lipinski definition) is 5. The number of ether oxygens (including phenoxy) is 2. The Balaban J connectivity index is 2.01. The summed E-state index contributed by atoms with van der Waals surface area (Å²) < 4.78 is 10.1. The average Bonchev–Trinajstić information content (AvgIpc) is 3.01. The van der Waals surface area contributed by atoms with Gasteiger partial charge in [-0.1, -0.05) is 12.1 Å². The maximum absolute atomic E-state index is 12.5. The van der Waals surface area contributed by atoms with E-state index in [0.717, 1.165) is 12.8 Å². The Hall–Kier alpha value is -2.37. The molecule has 1 fully saturated rings. The van der Waals surface area contributed by atoms with Crippen LogP contribution < -0.4 is 0 Å². The average molecular weight is 347 g/mol. The van der Waals surface area contributed by atoms with Gasteiger partial charge in [-0.3, -0.25) is 4.79 Å². The van der Waals surface area contributed by atoms with Crippen molar-refractivity contribution in [2.24, 2.45) is 0 Å². The number of hydrogen-bond donors (Lipinski definition) is 0. The van der Waals surface area contributed by atoms with Crippen molar-refractivity contribution in [3.05, 3.63) is 35.4 Å². The second-order valence-electron chi connectivity index (χ2n) is 7.17. The molecule has 0 N–H and O–H groups in total. The highest BCUT2D eigenvalue weighted by Gasteiger charge is 2.33. The lowest BCUT2D eigenvalue weighted by atomic mass is 10.0. The molecule has 6 nitrogen and oxygen atoms in total. The first-order chi connectivity index (χ1) is 11.7. The maximum Gasteiger partial charge on any atom is 0.410 e. The topological polar surface area (TPSA) is 72.9 Å². The molecule has 0 spiro atoms. The molecule has 25 heavy (non-hydrogen) atoms. The van der Waals surface area contributed by atoms with Crippen LogP contribution in [-0.4, -0.2) is 48.0 Å². The fourth-order valence-electron chi connectivity index (χ4n) is 2.85. The van der Waals surface area contributed by atoms with Gasteiger partial charge < -0.3 is 14.4 Å². The molecule has 1 amide bonds. The number of rotatable bonds is 4. The normalized spacial score (nSPS) is 17.3. The summed E-state index contributed by atoms with van der Waals surface area (Å²) in [6, 6.07) is 6.21. The molecular weight excluding hydrogens is 322 g/mol. The number of carbonyl (C=O) groups is 3. The van der Waals surface area contributed by atoms with Gasteiger partial charge in [0, 0.05) is 24.6 Å². The van der Waals surface area contributed by atoms with Gasteiger partial charge in [-0.2, -0.15) is 0 Å². The molecule has 6 heteroatoms. The molecule has 2 rings (SSSR count).